The first-order valence-corrected chi connectivity index (χ1v) is 3.27. The second kappa shape index (κ2) is 6.54. The Morgan fingerprint density at radius 1 is 0.444 bits per heavy atom. The molecule has 0 bridgehead atoms. The topological polar surface area (TPSA) is 0 Å². The summed E-state index contributed by atoms with van der Waals surface area (Å²) < 4.78 is 130. The van der Waals surface area contributed by atoms with Crippen molar-refractivity contribution in [3.05, 3.63) is 23.8 Å². The molecule has 0 spiro atoms. The predicted octanol–water partition coefficient (Wildman–Crippen LogP) is 5.25. The van der Waals surface area contributed by atoms with Crippen LogP contribution in [-0.2, 0) is 0 Å². The first-order chi connectivity index (χ1) is 7.71. The lowest BCUT2D eigenvalue weighted by Gasteiger charge is -1.98. The first kappa shape index (κ1) is 19.0. The minimum atomic E-state index is -5.56. The van der Waals surface area contributed by atoms with E-state index in [4.69, 9.17) is 0 Å². The Kier molecular flexibility index (Phi) is 6.90. The van der Waals surface area contributed by atoms with Gasteiger partial charge in [-0.1, -0.05) is 0 Å². The van der Waals surface area contributed by atoms with E-state index < -0.39 is 36.2 Å². The lowest BCUT2D eigenvalue weighted by atomic mass is 10.6. The molecule has 0 aromatic rings. The van der Waals surface area contributed by atoms with E-state index in [2.05, 4.69) is 0 Å². The van der Waals surface area contributed by atoms with Gasteiger partial charge in [-0.25, -0.2) is 0 Å². The molecule has 0 rings (SSSR count). The summed E-state index contributed by atoms with van der Waals surface area (Å²) in [6.07, 6.45) is -17.8. The average molecular weight is 300 g/mol. The number of hydrogen-bond acceptors (Lipinski definition) is 0. The zero-order valence-electron chi connectivity index (χ0n) is 7.54. The Balaban J connectivity index is 0. The Labute approximate surface area is 90.2 Å². The van der Waals surface area contributed by atoms with E-state index in [1.165, 1.54) is 0 Å². The Morgan fingerprint density at radius 3 is 0.611 bits per heavy atom. The van der Waals surface area contributed by atoms with E-state index in [-0.39, 0.29) is 0 Å². The van der Waals surface area contributed by atoms with Crippen molar-refractivity contribution < 1.29 is 52.7 Å². The van der Waals surface area contributed by atoms with Crippen LogP contribution in [0.2, 0.25) is 0 Å². The maximum absolute atomic E-state index is 11.0. The molecular formula is C6F12. The van der Waals surface area contributed by atoms with Gasteiger partial charge in [-0.3, -0.25) is 0 Å². The molecule has 108 valence electrons. The summed E-state index contributed by atoms with van der Waals surface area (Å²) in [4.78, 5) is 0. The van der Waals surface area contributed by atoms with E-state index in [1.807, 2.05) is 0 Å². The SMILES string of the molecule is FC(F)=C(F)C(F)(F)F.FC(F)=C(F)C(F)(F)F. The van der Waals surface area contributed by atoms with Gasteiger partial charge in [0, 0.05) is 0 Å². The van der Waals surface area contributed by atoms with Crippen LogP contribution >= 0.6 is 0 Å². The third kappa shape index (κ3) is 7.84. The Hall–Kier alpha value is -1.36. The van der Waals surface area contributed by atoms with Crippen molar-refractivity contribution in [2.75, 3.05) is 0 Å². The summed E-state index contributed by atoms with van der Waals surface area (Å²) in [5.74, 6) is -6.66. The van der Waals surface area contributed by atoms with Crippen LogP contribution < -0.4 is 0 Å². The molecule has 0 unspecified atom stereocenters. The van der Waals surface area contributed by atoms with Crippen molar-refractivity contribution in [1.82, 2.24) is 0 Å². The number of halogens is 12. The summed E-state index contributed by atoms with van der Waals surface area (Å²) in [6, 6.07) is 0. The largest absolute Gasteiger partial charge is 0.448 e. The second-order valence-electron chi connectivity index (χ2n) is 2.14. The van der Waals surface area contributed by atoms with Crippen LogP contribution in [0.1, 0.15) is 0 Å². The molecule has 0 aliphatic heterocycles. The Bertz CT molecular complexity index is 285. The van der Waals surface area contributed by atoms with Gasteiger partial charge in [-0.2, -0.15) is 52.7 Å². The molecule has 0 aromatic carbocycles. The number of allylic oxidation sites excluding steroid dienone is 2. The van der Waals surface area contributed by atoms with E-state index in [0.717, 1.165) is 0 Å². The van der Waals surface area contributed by atoms with Gasteiger partial charge >= 0.3 is 24.5 Å². The molecule has 0 aliphatic carbocycles. The van der Waals surface area contributed by atoms with Crippen molar-refractivity contribution in [1.29, 1.82) is 0 Å². The molecule has 18 heavy (non-hydrogen) atoms. The molecule has 0 fully saturated rings. The summed E-state index contributed by atoms with van der Waals surface area (Å²) in [7, 11) is 0. The molecular weight excluding hydrogens is 300 g/mol. The maximum Gasteiger partial charge on any atom is 0.448 e. The van der Waals surface area contributed by atoms with Crippen molar-refractivity contribution in [2.24, 2.45) is 0 Å². The second-order valence-corrected chi connectivity index (χ2v) is 2.14. The lowest BCUT2D eigenvalue weighted by Crippen LogP contribution is -2.08. The van der Waals surface area contributed by atoms with Crippen LogP contribution in [0.25, 0.3) is 0 Å². The molecule has 0 atom stereocenters. The van der Waals surface area contributed by atoms with Gasteiger partial charge in [0.1, 0.15) is 0 Å². The van der Waals surface area contributed by atoms with Crippen LogP contribution in [-0.4, -0.2) is 12.4 Å². The molecule has 0 saturated carbocycles. The summed E-state index contributed by atoms with van der Waals surface area (Å²) >= 11 is 0. The van der Waals surface area contributed by atoms with Gasteiger partial charge in [0.25, 0.3) is 11.7 Å². The lowest BCUT2D eigenvalue weighted by molar-refractivity contribution is -0.113. The zero-order chi connectivity index (χ0) is 15.3. The highest BCUT2D eigenvalue weighted by molar-refractivity contribution is 4.99. The minimum Gasteiger partial charge on any atom is -0.196 e. The van der Waals surface area contributed by atoms with E-state index in [1.54, 1.807) is 0 Å². The standard InChI is InChI=1S/2C3F6/c2*4-1(2(5)6)3(7,8)9. The van der Waals surface area contributed by atoms with Gasteiger partial charge in [-0.15, -0.1) is 0 Å². The van der Waals surface area contributed by atoms with Gasteiger partial charge < -0.3 is 0 Å². The minimum absolute atomic E-state index is 3.33. The van der Waals surface area contributed by atoms with Crippen LogP contribution in [0.4, 0.5) is 52.7 Å². The van der Waals surface area contributed by atoms with Crippen LogP contribution in [0.5, 0.6) is 0 Å². The van der Waals surface area contributed by atoms with Gasteiger partial charge in [0.2, 0.25) is 0 Å². The molecule has 0 N–H and O–H groups in total. The van der Waals surface area contributed by atoms with Crippen molar-refractivity contribution in [3.8, 4) is 0 Å². The van der Waals surface area contributed by atoms with Gasteiger partial charge in [0.05, 0.1) is 0 Å². The van der Waals surface area contributed by atoms with Crippen LogP contribution in [0, 0.1) is 0 Å². The van der Waals surface area contributed by atoms with Crippen LogP contribution in [0.15, 0.2) is 23.8 Å². The molecule has 0 nitrogen and oxygen atoms in total. The molecule has 0 aromatic heterocycles. The first-order valence-electron chi connectivity index (χ1n) is 3.27. The molecule has 0 aliphatic rings. The Morgan fingerprint density at radius 2 is 0.611 bits per heavy atom. The normalized spacial score (nSPS) is 11.3. The fourth-order valence-electron chi connectivity index (χ4n) is 0.214. The summed E-state index contributed by atoms with van der Waals surface area (Å²) in [5.41, 5.74) is 0. The van der Waals surface area contributed by atoms with Crippen LogP contribution in [0.3, 0.4) is 0 Å². The van der Waals surface area contributed by atoms with Gasteiger partial charge in [-0.05, 0) is 0 Å². The highest BCUT2D eigenvalue weighted by atomic mass is 19.4. The molecule has 0 radical (unpaired) electrons. The molecule has 12 heteroatoms. The highest BCUT2D eigenvalue weighted by Crippen LogP contribution is 2.30. The smallest absolute Gasteiger partial charge is 0.196 e. The van der Waals surface area contributed by atoms with Crippen molar-refractivity contribution in [3.63, 3.8) is 0 Å². The number of rotatable bonds is 0. The van der Waals surface area contributed by atoms with Crippen molar-refractivity contribution in [2.45, 2.75) is 12.4 Å². The summed E-state index contributed by atoms with van der Waals surface area (Å²) in [5, 5.41) is 0. The van der Waals surface area contributed by atoms with E-state index in [9.17, 15) is 52.7 Å². The van der Waals surface area contributed by atoms with Gasteiger partial charge in [0.15, 0.2) is 0 Å². The number of hydrogen-bond donors (Lipinski definition) is 0. The zero-order valence-corrected chi connectivity index (χ0v) is 7.54. The molecule has 0 saturated heterocycles. The fourth-order valence-corrected chi connectivity index (χ4v) is 0.214. The third-order valence-electron chi connectivity index (χ3n) is 0.830. The summed E-state index contributed by atoms with van der Waals surface area (Å²) in [6.45, 7) is 0. The molecule has 0 heterocycles. The maximum atomic E-state index is 11.0. The number of alkyl halides is 6. The molecule has 0 amide bonds. The predicted molar refractivity (Wildman–Crippen MR) is 32.8 cm³/mol. The quantitative estimate of drug-likeness (QED) is 0.536. The van der Waals surface area contributed by atoms with E-state index in [0.29, 0.717) is 0 Å². The highest BCUT2D eigenvalue weighted by Gasteiger charge is 2.39. The average Bonchev–Trinajstić information content (AvgIpc) is 2.13. The van der Waals surface area contributed by atoms with Crippen molar-refractivity contribution >= 4 is 0 Å². The third-order valence-corrected chi connectivity index (χ3v) is 0.830. The van der Waals surface area contributed by atoms with E-state index >= 15 is 0 Å². The fraction of sp³-hybridized carbons (Fsp3) is 0.333. The monoisotopic (exact) mass is 300 g/mol.